The monoisotopic (exact) mass is 246 g/mol. The van der Waals surface area contributed by atoms with Crippen LogP contribution >= 0.6 is 0 Å². The van der Waals surface area contributed by atoms with Crippen molar-refractivity contribution in [2.45, 2.75) is 33.4 Å². The number of nitrogens with two attached hydrogens (primary N) is 1. The third-order valence-electron chi connectivity index (χ3n) is 2.75. The Kier molecular flexibility index (Phi) is 3.50. The van der Waals surface area contributed by atoms with E-state index in [1.165, 1.54) is 0 Å². The van der Waals surface area contributed by atoms with Crippen LogP contribution in [0.4, 0.5) is 5.69 Å². The molecular formula is C13H18N4O. The van der Waals surface area contributed by atoms with Crippen LogP contribution in [0, 0.1) is 6.92 Å². The number of anilines is 1. The Morgan fingerprint density at radius 2 is 2.17 bits per heavy atom. The number of benzene rings is 1. The van der Waals surface area contributed by atoms with E-state index in [4.69, 9.17) is 10.5 Å². The summed E-state index contributed by atoms with van der Waals surface area (Å²) in [6.07, 6.45) is 1.55. The van der Waals surface area contributed by atoms with Crippen LogP contribution in [0.5, 0.6) is 5.75 Å². The molecule has 0 unspecified atom stereocenters. The molecular weight excluding hydrogens is 228 g/mol. The predicted molar refractivity (Wildman–Crippen MR) is 70.3 cm³/mol. The Labute approximate surface area is 107 Å². The molecule has 0 saturated carbocycles. The van der Waals surface area contributed by atoms with Gasteiger partial charge in [-0.05, 0) is 44.5 Å². The van der Waals surface area contributed by atoms with Gasteiger partial charge in [0, 0.05) is 11.7 Å². The van der Waals surface area contributed by atoms with Crippen LogP contribution in [-0.2, 0) is 6.61 Å². The summed E-state index contributed by atoms with van der Waals surface area (Å²) in [6, 6.07) is 5.90. The summed E-state index contributed by atoms with van der Waals surface area (Å²) in [7, 11) is 0. The quantitative estimate of drug-likeness (QED) is 0.841. The van der Waals surface area contributed by atoms with Gasteiger partial charge in [0.1, 0.15) is 18.7 Å². The summed E-state index contributed by atoms with van der Waals surface area (Å²) < 4.78 is 7.55. The fourth-order valence-corrected chi connectivity index (χ4v) is 1.69. The zero-order valence-corrected chi connectivity index (χ0v) is 10.9. The van der Waals surface area contributed by atoms with Gasteiger partial charge in [-0.1, -0.05) is 0 Å². The van der Waals surface area contributed by atoms with Crippen molar-refractivity contribution < 1.29 is 4.74 Å². The smallest absolute Gasteiger partial charge is 0.165 e. The van der Waals surface area contributed by atoms with Crippen molar-refractivity contribution in [3.63, 3.8) is 0 Å². The molecule has 5 heteroatoms. The first-order chi connectivity index (χ1) is 8.58. The zero-order chi connectivity index (χ0) is 13.1. The van der Waals surface area contributed by atoms with Crippen LogP contribution in [0.1, 0.15) is 31.3 Å². The lowest BCUT2D eigenvalue weighted by molar-refractivity contribution is 0.282. The van der Waals surface area contributed by atoms with Crippen molar-refractivity contribution in [2.75, 3.05) is 5.73 Å². The Bertz CT molecular complexity index is 534. The summed E-state index contributed by atoms with van der Waals surface area (Å²) in [4.78, 5) is 4.19. The second kappa shape index (κ2) is 5.08. The fourth-order valence-electron chi connectivity index (χ4n) is 1.69. The van der Waals surface area contributed by atoms with Gasteiger partial charge in [0.05, 0.1) is 0 Å². The van der Waals surface area contributed by atoms with Crippen molar-refractivity contribution in [1.29, 1.82) is 0 Å². The van der Waals surface area contributed by atoms with Crippen LogP contribution < -0.4 is 10.5 Å². The minimum absolute atomic E-state index is 0.277. The highest BCUT2D eigenvalue weighted by molar-refractivity contribution is 5.49. The number of nitrogen functional groups attached to an aromatic ring is 1. The molecule has 1 aromatic heterocycles. The second-order valence-corrected chi connectivity index (χ2v) is 4.52. The maximum atomic E-state index is 5.76. The molecule has 0 spiro atoms. The summed E-state index contributed by atoms with van der Waals surface area (Å²) in [5.74, 6) is 1.61. The molecule has 0 fully saturated rings. The summed E-state index contributed by atoms with van der Waals surface area (Å²) in [5.41, 5.74) is 7.54. The molecule has 0 aliphatic heterocycles. The van der Waals surface area contributed by atoms with Crippen LogP contribution in [-0.4, -0.2) is 14.8 Å². The topological polar surface area (TPSA) is 66.0 Å². The van der Waals surface area contributed by atoms with E-state index in [-0.39, 0.29) is 6.04 Å². The van der Waals surface area contributed by atoms with E-state index in [1.54, 1.807) is 6.33 Å². The molecule has 2 aromatic rings. The molecule has 0 aliphatic carbocycles. The largest absolute Gasteiger partial charge is 0.486 e. The average molecular weight is 246 g/mol. The van der Waals surface area contributed by atoms with E-state index in [0.717, 1.165) is 22.8 Å². The SMILES string of the molecule is Cc1cc(OCc2ncnn2C(C)C)ccc1N. The van der Waals surface area contributed by atoms with Crippen molar-refractivity contribution >= 4 is 5.69 Å². The molecule has 0 saturated heterocycles. The first kappa shape index (κ1) is 12.4. The minimum atomic E-state index is 0.277. The molecule has 0 radical (unpaired) electrons. The van der Waals surface area contributed by atoms with Crippen LogP contribution in [0.3, 0.4) is 0 Å². The maximum Gasteiger partial charge on any atom is 0.165 e. The fraction of sp³-hybridized carbons (Fsp3) is 0.385. The number of hydrogen-bond acceptors (Lipinski definition) is 4. The van der Waals surface area contributed by atoms with E-state index in [2.05, 4.69) is 23.9 Å². The predicted octanol–water partition coefficient (Wildman–Crippen LogP) is 2.33. The van der Waals surface area contributed by atoms with Gasteiger partial charge in [-0.3, -0.25) is 0 Å². The van der Waals surface area contributed by atoms with Gasteiger partial charge >= 0.3 is 0 Å². The van der Waals surface area contributed by atoms with E-state index in [0.29, 0.717) is 6.61 Å². The molecule has 18 heavy (non-hydrogen) atoms. The van der Waals surface area contributed by atoms with Crippen LogP contribution in [0.25, 0.3) is 0 Å². The third-order valence-corrected chi connectivity index (χ3v) is 2.75. The van der Waals surface area contributed by atoms with Gasteiger partial charge in [-0.15, -0.1) is 0 Å². The highest BCUT2D eigenvalue weighted by Gasteiger charge is 2.08. The normalized spacial score (nSPS) is 10.9. The Balaban J connectivity index is 2.07. The minimum Gasteiger partial charge on any atom is -0.486 e. The molecule has 0 bridgehead atoms. The van der Waals surface area contributed by atoms with Crippen molar-refractivity contribution in [3.05, 3.63) is 35.9 Å². The van der Waals surface area contributed by atoms with Gasteiger partial charge in [-0.25, -0.2) is 9.67 Å². The number of aromatic nitrogens is 3. The number of ether oxygens (including phenoxy) is 1. The van der Waals surface area contributed by atoms with E-state index >= 15 is 0 Å². The summed E-state index contributed by atoms with van der Waals surface area (Å²) in [5, 5.41) is 4.17. The molecule has 1 aromatic carbocycles. The maximum absolute atomic E-state index is 5.76. The lowest BCUT2D eigenvalue weighted by Gasteiger charge is -2.11. The second-order valence-electron chi connectivity index (χ2n) is 4.52. The Hall–Kier alpha value is -2.04. The van der Waals surface area contributed by atoms with Gasteiger partial charge < -0.3 is 10.5 Å². The highest BCUT2D eigenvalue weighted by Crippen LogP contribution is 2.19. The van der Waals surface area contributed by atoms with E-state index in [1.807, 2.05) is 29.8 Å². The molecule has 0 aliphatic rings. The summed E-state index contributed by atoms with van der Waals surface area (Å²) >= 11 is 0. The summed E-state index contributed by atoms with van der Waals surface area (Å²) in [6.45, 7) is 6.48. The Morgan fingerprint density at radius 3 is 2.83 bits per heavy atom. The van der Waals surface area contributed by atoms with Crippen LogP contribution in [0.2, 0.25) is 0 Å². The van der Waals surface area contributed by atoms with Gasteiger partial charge in [-0.2, -0.15) is 5.10 Å². The standard InChI is InChI=1S/C13H18N4O/c1-9(2)17-13(15-8-16-17)7-18-11-4-5-12(14)10(3)6-11/h4-6,8-9H,7,14H2,1-3H3. The lowest BCUT2D eigenvalue weighted by Crippen LogP contribution is -2.10. The molecule has 2 rings (SSSR count). The van der Waals surface area contributed by atoms with E-state index < -0.39 is 0 Å². The highest BCUT2D eigenvalue weighted by atomic mass is 16.5. The average Bonchev–Trinajstić information content (AvgIpc) is 2.79. The van der Waals surface area contributed by atoms with Gasteiger partial charge in [0.15, 0.2) is 5.82 Å². The number of rotatable bonds is 4. The van der Waals surface area contributed by atoms with Crippen molar-refractivity contribution in [1.82, 2.24) is 14.8 Å². The number of nitrogens with zero attached hydrogens (tertiary/aromatic N) is 3. The molecule has 0 atom stereocenters. The van der Waals surface area contributed by atoms with Crippen molar-refractivity contribution in [3.8, 4) is 5.75 Å². The van der Waals surface area contributed by atoms with Gasteiger partial charge in [0.25, 0.3) is 0 Å². The Morgan fingerprint density at radius 1 is 1.39 bits per heavy atom. The number of hydrogen-bond donors (Lipinski definition) is 1. The zero-order valence-electron chi connectivity index (χ0n) is 10.9. The van der Waals surface area contributed by atoms with Crippen LogP contribution in [0.15, 0.2) is 24.5 Å². The molecule has 0 amide bonds. The molecule has 5 nitrogen and oxygen atoms in total. The third kappa shape index (κ3) is 2.61. The van der Waals surface area contributed by atoms with E-state index in [9.17, 15) is 0 Å². The molecule has 96 valence electrons. The first-order valence-corrected chi connectivity index (χ1v) is 5.95. The first-order valence-electron chi connectivity index (χ1n) is 5.95. The molecule has 2 N–H and O–H groups in total. The van der Waals surface area contributed by atoms with Crippen molar-refractivity contribution in [2.24, 2.45) is 0 Å². The lowest BCUT2D eigenvalue weighted by atomic mass is 10.2. The number of aryl methyl sites for hydroxylation is 1. The molecule has 1 heterocycles. The van der Waals surface area contributed by atoms with Gasteiger partial charge in [0.2, 0.25) is 0 Å².